The monoisotopic (exact) mass is 628 g/mol. The summed E-state index contributed by atoms with van der Waals surface area (Å²) in [5.41, 5.74) is 13.3. The number of nitrogens with zero attached hydrogens (tertiary/aromatic N) is 8. The van der Waals surface area contributed by atoms with E-state index in [1.807, 2.05) is 0 Å². The Morgan fingerprint density at radius 3 is 2.19 bits per heavy atom. The van der Waals surface area contributed by atoms with E-state index in [0.29, 0.717) is 28.7 Å². The van der Waals surface area contributed by atoms with Crippen molar-refractivity contribution in [2.75, 3.05) is 31.3 Å². The highest BCUT2D eigenvalue weighted by molar-refractivity contribution is 7.47. The molecule has 42 heavy (non-hydrogen) atoms. The minimum absolute atomic E-state index is 0.0425. The average Bonchev–Trinajstić information content (AvgIpc) is 3.71. The fourth-order valence-electron chi connectivity index (χ4n) is 4.90. The van der Waals surface area contributed by atoms with Crippen LogP contribution in [0.5, 0.6) is 0 Å². The molecule has 22 heteroatoms. The quantitative estimate of drug-likeness (QED) is 0.145. The van der Waals surface area contributed by atoms with E-state index in [0.717, 1.165) is 0 Å². The maximum Gasteiger partial charge on any atom is 0.472 e. The van der Waals surface area contributed by atoms with E-state index in [1.165, 1.54) is 23.5 Å². The summed E-state index contributed by atoms with van der Waals surface area (Å²) in [6.07, 6.45) is 2.15. The molecule has 6 heterocycles. The van der Waals surface area contributed by atoms with Crippen LogP contribution in [0.2, 0.25) is 0 Å². The Morgan fingerprint density at radius 1 is 0.881 bits per heavy atom. The van der Waals surface area contributed by atoms with Gasteiger partial charge >= 0.3 is 15.6 Å². The van der Waals surface area contributed by atoms with Crippen LogP contribution in [0.25, 0.3) is 22.3 Å². The van der Waals surface area contributed by atoms with Gasteiger partial charge in [-0.15, -0.1) is 0 Å². The van der Waals surface area contributed by atoms with Gasteiger partial charge in [0.25, 0.3) is 0 Å². The Kier molecular flexibility index (Phi) is 7.69. The van der Waals surface area contributed by atoms with Gasteiger partial charge in [-0.05, 0) is 6.42 Å². The van der Waals surface area contributed by atoms with Crippen LogP contribution in [0.1, 0.15) is 25.1 Å². The molecule has 1 unspecified atom stereocenters. The third-order valence-corrected chi connectivity index (χ3v) is 8.31. The highest BCUT2D eigenvalue weighted by Crippen LogP contribution is 2.50. The number of anilines is 2. The minimum Gasteiger partial charge on any atom is -0.382 e. The SMILES string of the molecule is Nc1ncnc2c1ncn2[C@@H]1CO[C@H](COP(=O)(O)O[C@H]2C[C@H](n3cnc4c(N)ncnc43)O[C@@H]2COP(=O)(O)O)C1. The number of hydrogen-bond acceptors (Lipinski definition) is 15. The van der Waals surface area contributed by atoms with Crippen LogP contribution < -0.4 is 11.5 Å². The van der Waals surface area contributed by atoms with Gasteiger partial charge in [0.1, 0.15) is 42.1 Å². The van der Waals surface area contributed by atoms with Gasteiger partial charge in [0.15, 0.2) is 22.9 Å². The van der Waals surface area contributed by atoms with E-state index in [4.69, 9.17) is 30.0 Å². The number of imidazole rings is 2. The molecule has 0 spiro atoms. The maximum absolute atomic E-state index is 12.9. The molecule has 7 N–H and O–H groups in total. The Morgan fingerprint density at radius 2 is 1.52 bits per heavy atom. The second-order valence-electron chi connectivity index (χ2n) is 9.57. The van der Waals surface area contributed by atoms with E-state index < -0.39 is 46.8 Å². The number of fused-ring (bicyclic) bond motifs is 2. The van der Waals surface area contributed by atoms with Crippen molar-refractivity contribution in [3.63, 3.8) is 0 Å². The van der Waals surface area contributed by atoms with Crippen molar-refractivity contribution in [2.24, 2.45) is 0 Å². The molecule has 2 aliphatic rings. The largest absolute Gasteiger partial charge is 0.472 e. The molecule has 226 valence electrons. The summed E-state index contributed by atoms with van der Waals surface area (Å²) in [4.78, 5) is 53.5. The molecule has 4 aromatic heterocycles. The molecule has 4 aromatic rings. The number of ether oxygens (including phenoxy) is 2. The Balaban J connectivity index is 1.11. The lowest BCUT2D eigenvalue weighted by Crippen LogP contribution is -2.28. The van der Waals surface area contributed by atoms with Crippen molar-refractivity contribution in [1.29, 1.82) is 0 Å². The zero-order chi connectivity index (χ0) is 29.6. The smallest absolute Gasteiger partial charge is 0.382 e. The number of rotatable bonds is 10. The van der Waals surface area contributed by atoms with Crippen LogP contribution in [-0.2, 0) is 32.2 Å². The molecule has 2 fully saturated rings. The van der Waals surface area contributed by atoms with Crippen molar-refractivity contribution in [2.45, 2.75) is 43.4 Å². The van der Waals surface area contributed by atoms with Crippen LogP contribution >= 0.6 is 15.6 Å². The van der Waals surface area contributed by atoms with Gasteiger partial charge in [0.05, 0.1) is 44.6 Å². The molecule has 2 aliphatic heterocycles. The topological polar surface area (TPSA) is 280 Å². The van der Waals surface area contributed by atoms with E-state index in [-0.39, 0.29) is 37.3 Å². The maximum atomic E-state index is 12.9. The van der Waals surface area contributed by atoms with Gasteiger partial charge in [-0.25, -0.2) is 39.0 Å². The van der Waals surface area contributed by atoms with E-state index >= 15 is 0 Å². The zero-order valence-electron chi connectivity index (χ0n) is 21.6. The number of phosphoric ester groups is 2. The molecule has 0 aliphatic carbocycles. The molecule has 6 atom stereocenters. The number of hydrogen-bond donors (Lipinski definition) is 5. The first kappa shape index (κ1) is 28.9. The molecule has 20 nitrogen and oxygen atoms in total. The third kappa shape index (κ3) is 6.00. The Bertz CT molecular complexity index is 1700. The highest BCUT2D eigenvalue weighted by Gasteiger charge is 2.43. The fraction of sp³-hybridized carbons (Fsp3) is 0.500. The molecule has 2 saturated heterocycles. The van der Waals surface area contributed by atoms with Crippen LogP contribution in [0.15, 0.2) is 25.3 Å². The van der Waals surface area contributed by atoms with Gasteiger partial charge in [-0.2, -0.15) is 0 Å². The number of nitrogens with two attached hydrogens (primary N) is 2. The van der Waals surface area contributed by atoms with Gasteiger partial charge in [0.2, 0.25) is 0 Å². The molecule has 0 aromatic carbocycles. The highest BCUT2D eigenvalue weighted by atomic mass is 31.2. The fourth-order valence-corrected chi connectivity index (χ4v) is 6.22. The number of phosphoric acid groups is 2. The van der Waals surface area contributed by atoms with Crippen molar-refractivity contribution in [3.05, 3.63) is 25.3 Å². The first-order chi connectivity index (χ1) is 20.0. The number of aromatic nitrogens is 8. The lowest BCUT2D eigenvalue weighted by atomic mass is 10.2. The van der Waals surface area contributed by atoms with Crippen LogP contribution in [0, 0.1) is 0 Å². The predicted molar refractivity (Wildman–Crippen MR) is 140 cm³/mol. The first-order valence-electron chi connectivity index (χ1n) is 12.5. The minimum atomic E-state index is -4.89. The molecule has 0 saturated carbocycles. The predicted octanol–water partition coefficient (Wildman–Crippen LogP) is 0.0596. The van der Waals surface area contributed by atoms with E-state index in [1.54, 1.807) is 10.9 Å². The van der Waals surface area contributed by atoms with Crippen molar-refractivity contribution in [3.8, 4) is 0 Å². The van der Waals surface area contributed by atoms with Gasteiger partial charge in [-0.1, -0.05) is 0 Å². The van der Waals surface area contributed by atoms with Crippen molar-refractivity contribution < 1.29 is 46.9 Å². The molecule has 0 radical (unpaired) electrons. The second-order valence-corrected chi connectivity index (χ2v) is 12.2. The number of nitrogen functional groups attached to an aromatic ring is 2. The summed E-state index contributed by atoms with van der Waals surface area (Å²) in [6, 6.07) is -0.182. The zero-order valence-corrected chi connectivity index (χ0v) is 23.3. The summed E-state index contributed by atoms with van der Waals surface area (Å²) >= 11 is 0. The second kappa shape index (κ2) is 11.2. The summed E-state index contributed by atoms with van der Waals surface area (Å²) in [5.74, 6) is 0.381. The summed E-state index contributed by atoms with van der Waals surface area (Å²) in [7, 11) is -9.60. The normalized spacial score (nSPS) is 26.3. The standard InChI is InChI=1S/C20H26N10O10P2/c21-17-15-19(25-6-23-17)29(8-27-15)10-1-11(36-3-10)4-38-42(34,35)40-12-2-14(39-13(12)5-37-41(31,32)33)30-9-28-16-18(22)24-7-26-20(16)30/h6-14H,1-5H2,(H,34,35)(H2,21,23,25)(H2,22,24,26)(H2,31,32,33)/t10-,11-,12-,13+,14+/m0/s1. The summed E-state index contributed by atoms with van der Waals surface area (Å²) in [6.45, 7) is -0.653. The molecular formula is C20H26N10O10P2. The molecule has 0 bridgehead atoms. The molecule has 6 rings (SSSR count). The van der Waals surface area contributed by atoms with Crippen LogP contribution in [0.4, 0.5) is 11.6 Å². The summed E-state index contributed by atoms with van der Waals surface area (Å²) in [5, 5.41) is 0. The van der Waals surface area contributed by atoms with Gasteiger partial charge in [-0.3, -0.25) is 18.1 Å². The third-order valence-electron chi connectivity index (χ3n) is 6.82. The van der Waals surface area contributed by atoms with Gasteiger partial charge in [0, 0.05) is 6.42 Å². The Labute approximate surface area is 235 Å². The van der Waals surface area contributed by atoms with Crippen molar-refractivity contribution >= 4 is 49.6 Å². The van der Waals surface area contributed by atoms with Crippen LogP contribution in [-0.4, -0.2) is 91.9 Å². The molecular weight excluding hydrogens is 602 g/mol. The van der Waals surface area contributed by atoms with Crippen LogP contribution in [0.3, 0.4) is 0 Å². The Hall–Kier alpha value is -3.16. The lowest BCUT2D eigenvalue weighted by Gasteiger charge is -2.22. The summed E-state index contributed by atoms with van der Waals surface area (Å²) < 4.78 is 54.4. The van der Waals surface area contributed by atoms with E-state index in [2.05, 4.69) is 34.4 Å². The molecule has 0 amide bonds. The van der Waals surface area contributed by atoms with Crippen molar-refractivity contribution in [1.82, 2.24) is 39.0 Å². The first-order valence-corrected chi connectivity index (χ1v) is 15.5. The average molecular weight is 628 g/mol. The van der Waals surface area contributed by atoms with Gasteiger partial charge < -0.3 is 40.2 Å². The van der Waals surface area contributed by atoms with E-state index in [9.17, 15) is 23.8 Å². The lowest BCUT2D eigenvalue weighted by molar-refractivity contribution is -0.0442.